The zero-order valence-electron chi connectivity index (χ0n) is 17.0. The second-order valence-electron chi connectivity index (χ2n) is 7.79. The normalized spacial score (nSPS) is 10.8. The summed E-state index contributed by atoms with van der Waals surface area (Å²) in [5.74, 6) is 0.931. The third kappa shape index (κ3) is 5.17. The van der Waals surface area contributed by atoms with Crippen LogP contribution in [-0.2, 0) is 19.3 Å². The first-order valence-corrected chi connectivity index (χ1v) is 10.1. The van der Waals surface area contributed by atoms with Gasteiger partial charge in [-0.2, -0.15) is 0 Å². The van der Waals surface area contributed by atoms with E-state index < -0.39 is 0 Å². The molecule has 31 heavy (non-hydrogen) atoms. The Bertz CT molecular complexity index is 1080. The van der Waals surface area contributed by atoms with E-state index in [2.05, 4.69) is 0 Å². The van der Waals surface area contributed by atoms with E-state index in [1.165, 1.54) is 0 Å². The lowest BCUT2D eigenvalue weighted by Gasteiger charge is -2.11. The van der Waals surface area contributed by atoms with E-state index in [1.807, 2.05) is 48.5 Å². The van der Waals surface area contributed by atoms with Gasteiger partial charge in [-0.15, -0.1) is 0 Å². The molecule has 0 amide bonds. The van der Waals surface area contributed by atoms with Crippen molar-refractivity contribution in [2.75, 3.05) is 0 Å². The zero-order chi connectivity index (χ0) is 21.8. The summed E-state index contributed by atoms with van der Waals surface area (Å²) in [5.41, 5.74) is 5.79. The van der Waals surface area contributed by atoms with Gasteiger partial charge in [0.15, 0.2) is 0 Å². The van der Waals surface area contributed by atoms with Crippen molar-refractivity contribution in [3.05, 3.63) is 118 Å². The highest BCUT2D eigenvalue weighted by Crippen LogP contribution is 2.27. The van der Waals surface area contributed by atoms with Crippen LogP contribution in [0, 0.1) is 0 Å². The molecule has 0 aliphatic rings. The van der Waals surface area contributed by atoms with Crippen LogP contribution in [0.2, 0.25) is 0 Å². The predicted molar refractivity (Wildman–Crippen MR) is 121 cm³/mol. The van der Waals surface area contributed by atoms with Crippen molar-refractivity contribution in [2.24, 2.45) is 0 Å². The lowest BCUT2D eigenvalue weighted by molar-refractivity contribution is 0.468. The lowest BCUT2D eigenvalue weighted by Crippen LogP contribution is -1.95. The molecule has 0 bridgehead atoms. The molecule has 0 aliphatic carbocycles. The monoisotopic (exact) mass is 412 g/mol. The quantitative estimate of drug-likeness (QED) is 0.347. The average molecular weight is 412 g/mol. The van der Waals surface area contributed by atoms with Crippen molar-refractivity contribution in [2.45, 2.75) is 19.3 Å². The minimum Gasteiger partial charge on any atom is -0.508 e. The first-order valence-electron chi connectivity index (χ1n) is 10.1. The summed E-state index contributed by atoms with van der Waals surface area (Å²) in [7, 11) is 0. The molecule has 4 heteroatoms. The number of rotatable bonds is 6. The molecule has 0 saturated heterocycles. The first-order chi connectivity index (χ1) is 15.0. The molecule has 0 spiro atoms. The minimum absolute atomic E-state index is 0.220. The van der Waals surface area contributed by atoms with Gasteiger partial charge in [0.25, 0.3) is 0 Å². The van der Waals surface area contributed by atoms with Gasteiger partial charge < -0.3 is 20.4 Å². The molecule has 0 aliphatic heterocycles. The second kappa shape index (κ2) is 8.84. The SMILES string of the molecule is Oc1ccc(Cc2cc(Cc3ccc(O)c(Cc4ccc(O)cc4)c3)ccc2O)cc1. The van der Waals surface area contributed by atoms with E-state index in [1.54, 1.807) is 36.4 Å². The molecule has 0 heterocycles. The van der Waals surface area contributed by atoms with Crippen LogP contribution in [0.1, 0.15) is 33.4 Å². The fraction of sp³-hybridized carbons (Fsp3) is 0.111. The van der Waals surface area contributed by atoms with E-state index in [0.717, 1.165) is 33.4 Å². The Hall–Kier alpha value is -3.92. The third-order valence-corrected chi connectivity index (χ3v) is 5.36. The fourth-order valence-corrected chi connectivity index (χ4v) is 3.68. The highest BCUT2D eigenvalue weighted by Gasteiger charge is 2.08. The molecule has 4 rings (SSSR count). The maximum atomic E-state index is 10.3. The molecular formula is C27H24O4. The van der Waals surface area contributed by atoms with Crippen molar-refractivity contribution in [1.29, 1.82) is 0 Å². The maximum Gasteiger partial charge on any atom is 0.119 e. The maximum absolute atomic E-state index is 10.3. The summed E-state index contributed by atoms with van der Waals surface area (Å²) < 4.78 is 0. The summed E-state index contributed by atoms with van der Waals surface area (Å²) >= 11 is 0. The van der Waals surface area contributed by atoms with E-state index >= 15 is 0 Å². The number of phenols is 4. The van der Waals surface area contributed by atoms with Gasteiger partial charge in [0.05, 0.1) is 0 Å². The average Bonchev–Trinajstić information content (AvgIpc) is 2.76. The molecule has 156 valence electrons. The van der Waals surface area contributed by atoms with Crippen LogP contribution in [-0.4, -0.2) is 20.4 Å². The highest BCUT2D eigenvalue weighted by atomic mass is 16.3. The van der Waals surface area contributed by atoms with Crippen LogP contribution in [0.15, 0.2) is 84.9 Å². The zero-order valence-corrected chi connectivity index (χ0v) is 17.0. The predicted octanol–water partition coefficient (Wildman–Crippen LogP) is 5.28. The molecule has 0 aromatic heterocycles. The molecule has 0 fully saturated rings. The van der Waals surface area contributed by atoms with Crippen molar-refractivity contribution < 1.29 is 20.4 Å². The Morgan fingerprint density at radius 2 is 0.742 bits per heavy atom. The molecular weight excluding hydrogens is 388 g/mol. The van der Waals surface area contributed by atoms with Crippen molar-refractivity contribution >= 4 is 0 Å². The van der Waals surface area contributed by atoms with E-state index in [0.29, 0.717) is 19.3 Å². The smallest absolute Gasteiger partial charge is 0.119 e. The molecule has 4 aromatic rings. The van der Waals surface area contributed by atoms with Crippen molar-refractivity contribution in [1.82, 2.24) is 0 Å². The second-order valence-corrected chi connectivity index (χ2v) is 7.79. The standard InChI is InChI=1S/C27H24O4/c28-24-7-1-18(2-8-24)14-22-16-20(5-11-26(22)30)13-21-6-12-27(31)23(17-21)15-19-3-9-25(29)10-4-19/h1-12,16-17,28-31H,13-15H2. The van der Waals surface area contributed by atoms with E-state index in [-0.39, 0.29) is 23.0 Å². The van der Waals surface area contributed by atoms with Gasteiger partial charge in [-0.05, 0) is 76.2 Å². The van der Waals surface area contributed by atoms with Gasteiger partial charge in [0.2, 0.25) is 0 Å². The molecule has 0 unspecified atom stereocenters. The van der Waals surface area contributed by atoms with Crippen LogP contribution in [0.5, 0.6) is 23.0 Å². The summed E-state index contributed by atoms with van der Waals surface area (Å²) in [5, 5.41) is 39.5. The Morgan fingerprint density at radius 3 is 1.13 bits per heavy atom. The minimum atomic E-state index is 0.220. The van der Waals surface area contributed by atoms with Crippen molar-refractivity contribution in [3.8, 4) is 23.0 Å². The number of phenolic OH excluding ortho intramolecular Hbond substituents is 4. The Labute approximate surface area is 181 Å². The summed E-state index contributed by atoms with van der Waals surface area (Å²) in [6.07, 6.45) is 1.81. The lowest BCUT2D eigenvalue weighted by atomic mass is 9.96. The summed E-state index contributed by atoms with van der Waals surface area (Å²) in [6, 6.07) is 25.2. The third-order valence-electron chi connectivity index (χ3n) is 5.36. The summed E-state index contributed by atoms with van der Waals surface area (Å²) in [4.78, 5) is 0. The van der Waals surface area contributed by atoms with Crippen LogP contribution in [0.3, 0.4) is 0 Å². The van der Waals surface area contributed by atoms with E-state index in [4.69, 9.17) is 0 Å². The molecule has 4 N–H and O–H groups in total. The highest BCUT2D eigenvalue weighted by molar-refractivity contribution is 5.44. The first kappa shape index (κ1) is 20.4. The Morgan fingerprint density at radius 1 is 0.387 bits per heavy atom. The number of aromatic hydroxyl groups is 4. The molecule has 4 aromatic carbocycles. The van der Waals surface area contributed by atoms with Crippen molar-refractivity contribution in [3.63, 3.8) is 0 Å². The number of benzene rings is 4. The van der Waals surface area contributed by atoms with E-state index in [9.17, 15) is 20.4 Å². The van der Waals surface area contributed by atoms with Gasteiger partial charge in [0, 0.05) is 12.8 Å². The van der Waals surface area contributed by atoms with Crippen LogP contribution < -0.4 is 0 Å². The molecule has 0 atom stereocenters. The number of hydrogen-bond donors (Lipinski definition) is 4. The van der Waals surface area contributed by atoms with Gasteiger partial charge in [-0.25, -0.2) is 0 Å². The topological polar surface area (TPSA) is 80.9 Å². The van der Waals surface area contributed by atoms with Crippen LogP contribution >= 0.6 is 0 Å². The number of hydrogen-bond acceptors (Lipinski definition) is 4. The summed E-state index contributed by atoms with van der Waals surface area (Å²) in [6.45, 7) is 0. The van der Waals surface area contributed by atoms with Gasteiger partial charge in [-0.1, -0.05) is 48.5 Å². The Balaban J connectivity index is 1.53. The van der Waals surface area contributed by atoms with Crippen LogP contribution in [0.4, 0.5) is 0 Å². The van der Waals surface area contributed by atoms with Gasteiger partial charge >= 0.3 is 0 Å². The van der Waals surface area contributed by atoms with Gasteiger partial charge in [0.1, 0.15) is 23.0 Å². The van der Waals surface area contributed by atoms with Crippen LogP contribution in [0.25, 0.3) is 0 Å². The fourth-order valence-electron chi connectivity index (χ4n) is 3.68. The van der Waals surface area contributed by atoms with Gasteiger partial charge in [-0.3, -0.25) is 0 Å². The largest absolute Gasteiger partial charge is 0.508 e. The molecule has 0 saturated carbocycles. The molecule has 4 nitrogen and oxygen atoms in total. The molecule has 0 radical (unpaired) electrons. The Kier molecular flexibility index (Phi) is 5.80.